The Hall–Kier alpha value is -3.43. The Morgan fingerprint density at radius 3 is 2.39 bits per heavy atom. The first kappa shape index (κ1) is 21.4. The van der Waals surface area contributed by atoms with Crippen LogP contribution < -0.4 is 0 Å². The molecule has 0 unspecified atom stereocenters. The van der Waals surface area contributed by atoms with Crippen LogP contribution in [0.4, 0.5) is 0 Å². The molecule has 33 heavy (non-hydrogen) atoms. The summed E-state index contributed by atoms with van der Waals surface area (Å²) in [6.07, 6.45) is 4.35. The van der Waals surface area contributed by atoms with Gasteiger partial charge in [-0.3, -0.25) is 9.69 Å². The van der Waals surface area contributed by atoms with Gasteiger partial charge in [-0.25, -0.2) is 4.98 Å². The molecule has 2 aliphatic heterocycles. The largest absolute Gasteiger partial charge is 0.335 e. The Bertz CT molecular complexity index is 1150. The van der Waals surface area contributed by atoms with E-state index in [4.69, 9.17) is 10.2 Å². The highest BCUT2D eigenvalue weighted by Gasteiger charge is 2.29. The molecule has 3 heterocycles. The van der Waals surface area contributed by atoms with Crippen molar-refractivity contribution in [2.45, 2.75) is 38.8 Å². The van der Waals surface area contributed by atoms with Crippen molar-refractivity contribution < 1.29 is 4.79 Å². The van der Waals surface area contributed by atoms with Crippen LogP contribution in [0.3, 0.4) is 0 Å². The van der Waals surface area contributed by atoms with E-state index in [0.29, 0.717) is 24.3 Å². The molecule has 0 radical (unpaired) electrons. The minimum Gasteiger partial charge on any atom is -0.335 e. The lowest BCUT2D eigenvalue weighted by atomic mass is 10.1. The summed E-state index contributed by atoms with van der Waals surface area (Å²) < 4.78 is 2.29. The number of imidazole rings is 1. The molecular formula is C27H29N5O. The molecular weight excluding hydrogens is 410 g/mol. The first-order valence-corrected chi connectivity index (χ1v) is 11.9. The van der Waals surface area contributed by atoms with Crippen molar-refractivity contribution in [3.63, 3.8) is 0 Å². The van der Waals surface area contributed by atoms with Crippen LogP contribution in [0.1, 0.15) is 46.6 Å². The molecule has 0 spiro atoms. The van der Waals surface area contributed by atoms with E-state index in [2.05, 4.69) is 27.7 Å². The number of amides is 1. The van der Waals surface area contributed by atoms with Crippen LogP contribution in [-0.2, 0) is 19.5 Å². The Morgan fingerprint density at radius 2 is 1.67 bits per heavy atom. The minimum absolute atomic E-state index is 0.0702. The quantitative estimate of drug-likeness (QED) is 0.614. The summed E-state index contributed by atoms with van der Waals surface area (Å²) in [7, 11) is 0. The summed E-state index contributed by atoms with van der Waals surface area (Å²) in [5.74, 6) is 0.996. The topological polar surface area (TPSA) is 65.2 Å². The summed E-state index contributed by atoms with van der Waals surface area (Å²) in [6.45, 7) is 4.87. The van der Waals surface area contributed by atoms with E-state index < -0.39 is 0 Å². The molecule has 0 atom stereocenters. The highest BCUT2D eigenvalue weighted by molar-refractivity contribution is 5.94. The molecule has 1 fully saturated rings. The van der Waals surface area contributed by atoms with Crippen molar-refractivity contribution in [1.82, 2.24) is 19.4 Å². The SMILES string of the molecule is N#Cc1ccc(CN2CCN(C(=O)c3nc(-c4ccccc4)n4c3CCCCC4)CC2)cc1. The van der Waals surface area contributed by atoms with Gasteiger partial charge in [-0.2, -0.15) is 5.26 Å². The number of hydrogen-bond donors (Lipinski definition) is 0. The molecule has 2 aliphatic rings. The summed E-state index contributed by atoms with van der Waals surface area (Å²) in [5, 5.41) is 8.98. The van der Waals surface area contributed by atoms with E-state index in [1.165, 1.54) is 12.0 Å². The van der Waals surface area contributed by atoms with Crippen LogP contribution in [0.25, 0.3) is 11.4 Å². The van der Waals surface area contributed by atoms with Crippen LogP contribution in [0, 0.1) is 11.3 Å². The molecule has 2 aromatic carbocycles. The van der Waals surface area contributed by atoms with Crippen molar-refractivity contribution in [3.8, 4) is 17.5 Å². The third kappa shape index (κ3) is 4.55. The molecule has 5 rings (SSSR count). The number of carbonyl (C=O) groups is 1. The van der Waals surface area contributed by atoms with Gasteiger partial charge < -0.3 is 9.47 Å². The van der Waals surface area contributed by atoms with Gasteiger partial charge in [0.2, 0.25) is 0 Å². The molecule has 6 heteroatoms. The second-order valence-corrected chi connectivity index (χ2v) is 8.94. The number of benzene rings is 2. The highest BCUT2D eigenvalue weighted by Crippen LogP contribution is 2.28. The predicted octanol–water partition coefficient (Wildman–Crippen LogP) is 4.11. The van der Waals surface area contributed by atoms with Crippen molar-refractivity contribution in [2.75, 3.05) is 26.2 Å². The highest BCUT2D eigenvalue weighted by atomic mass is 16.2. The Morgan fingerprint density at radius 1 is 0.909 bits per heavy atom. The normalized spacial score (nSPS) is 16.6. The second kappa shape index (κ2) is 9.60. The van der Waals surface area contributed by atoms with Crippen molar-refractivity contribution in [1.29, 1.82) is 5.26 Å². The zero-order valence-corrected chi connectivity index (χ0v) is 18.9. The van der Waals surface area contributed by atoms with Crippen LogP contribution in [0.5, 0.6) is 0 Å². The molecule has 1 aromatic heterocycles. The number of carbonyl (C=O) groups excluding carboxylic acids is 1. The number of rotatable bonds is 4. The average Bonchev–Trinajstić information content (AvgIpc) is 3.05. The molecule has 0 aliphatic carbocycles. The summed E-state index contributed by atoms with van der Waals surface area (Å²) in [5.41, 5.74) is 4.71. The van der Waals surface area contributed by atoms with Crippen molar-refractivity contribution in [2.24, 2.45) is 0 Å². The molecule has 0 N–H and O–H groups in total. The lowest BCUT2D eigenvalue weighted by Gasteiger charge is -2.34. The van der Waals surface area contributed by atoms with Crippen molar-refractivity contribution >= 4 is 5.91 Å². The molecule has 168 valence electrons. The monoisotopic (exact) mass is 439 g/mol. The lowest BCUT2D eigenvalue weighted by molar-refractivity contribution is 0.0622. The van der Waals surface area contributed by atoms with E-state index in [9.17, 15) is 4.79 Å². The van der Waals surface area contributed by atoms with Gasteiger partial charge in [0.15, 0.2) is 0 Å². The van der Waals surface area contributed by atoms with Gasteiger partial charge in [-0.05, 0) is 37.0 Å². The second-order valence-electron chi connectivity index (χ2n) is 8.94. The van der Waals surface area contributed by atoms with Gasteiger partial charge in [0.25, 0.3) is 5.91 Å². The molecule has 6 nitrogen and oxygen atoms in total. The van der Waals surface area contributed by atoms with Crippen molar-refractivity contribution in [3.05, 3.63) is 77.1 Å². The van der Waals surface area contributed by atoms with Gasteiger partial charge in [-0.15, -0.1) is 0 Å². The Kier molecular flexibility index (Phi) is 6.23. The molecule has 0 bridgehead atoms. The number of fused-ring (bicyclic) bond motifs is 1. The van der Waals surface area contributed by atoms with Crippen LogP contribution in [0.2, 0.25) is 0 Å². The first-order valence-electron chi connectivity index (χ1n) is 11.9. The number of aromatic nitrogens is 2. The molecule has 1 amide bonds. The molecule has 3 aromatic rings. The zero-order valence-electron chi connectivity index (χ0n) is 18.9. The van der Waals surface area contributed by atoms with Gasteiger partial charge in [-0.1, -0.05) is 48.9 Å². The fourth-order valence-corrected chi connectivity index (χ4v) is 4.90. The van der Waals surface area contributed by atoms with E-state index in [-0.39, 0.29) is 5.91 Å². The maximum atomic E-state index is 13.6. The van der Waals surface area contributed by atoms with E-state index in [0.717, 1.165) is 62.5 Å². The smallest absolute Gasteiger partial charge is 0.274 e. The lowest BCUT2D eigenvalue weighted by Crippen LogP contribution is -2.48. The van der Waals surface area contributed by atoms with Gasteiger partial charge in [0.1, 0.15) is 11.5 Å². The minimum atomic E-state index is 0.0702. The fraction of sp³-hybridized carbons (Fsp3) is 0.370. The Labute approximate surface area is 195 Å². The maximum absolute atomic E-state index is 13.6. The number of nitriles is 1. The Balaban J connectivity index is 1.31. The predicted molar refractivity (Wildman–Crippen MR) is 128 cm³/mol. The third-order valence-electron chi connectivity index (χ3n) is 6.75. The van der Waals surface area contributed by atoms with Crippen LogP contribution in [-0.4, -0.2) is 51.4 Å². The number of nitrogens with zero attached hydrogens (tertiary/aromatic N) is 5. The average molecular weight is 440 g/mol. The van der Waals surface area contributed by atoms with Gasteiger partial charge >= 0.3 is 0 Å². The number of piperazine rings is 1. The molecule has 0 saturated carbocycles. The summed E-state index contributed by atoms with van der Waals surface area (Å²) >= 11 is 0. The first-order chi connectivity index (χ1) is 16.2. The van der Waals surface area contributed by atoms with Gasteiger partial charge in [0, 0.05) is 44.8 Å². The number of hydrogen-bond acceptors (Lipinski definition) is 4. The fourth-order valence-electron chi connectivity index (χ4n) is 4.90. The van der Waals surface area contributed by atoms with E-state index in [1.54, 1.807) is 0 Å². The van der Waals surface area contributed by atoms with Crippen LogP contribution in [0.15, 0.2) is 54.6 Å². The van der Waals surface area contributed by atoms with Gasteiger partial charge in [0.05, 0.1) is 17.3 Å². The van der Waals surface area contributed by atoms with E-state index >= 15 is 0 Å². The summed E-state index contributed by atoms with van der Waals surface area (Å²) in [6, 6.07) is 20.2. The van der Waals surface area contributed by atoms with Crippen LogP contribution >= 0.6 is 0 Å². The maximum Gasteiger partial charge on any atom is 0.274 e. The third-order valence-corrected chi connectivity index (χ3v) is 6.75. The molecule has 1 saturated heterocycles. The van der Waals surface area contributed by atoms with E-state index in [1.807, 2.05) is 47.4 Å². The summed E-state index contributed by atoms with van der Waals surface area (Å²) in [4.78, 5) is 22.8. The zero-order chi connectivity index (χ0) is 22.6. The standard InChI is InChI=1S/C27H29N5O/c28-19-21-10-12-22(13-11-21)20-30-15-17-31(18-16-30)27(33)25-24-9-5-2-6-14-32(24)26(29-25)23-7-3-1-4-8-23/h1,3-4,7-8,10-13H,2,5-6,9,14-18,20H2.